The lowest BCUT2D eigenvalue weighted by Gasteiger charge is -2.15. The quantitative estimate of drug-likeness (QED) is 0.791. The van der Waals surface area contributed by atoms with Crippen molar-refractivity contribution in [1.82, 2.24) is 20.3 Å². The number of hydrogen-bond acceptors (Lipinski definition) is 3. The second kappa shape index (κ2) is 4.53. The molecule has 0 bridgehead atoms. The maximum Gasteiger partial charge on any atom is 0.0833 e. The second-order valence-electron chi connectivity index (χ2n) is 5.59. The van der Waals surface area contributed by atoms with Gasteiger partial charge in [-0.2, -0.15) is 0 Å². The highest BCUT2D eigenvalue weighted by molar-refractivity contribution is 5.06. The molecule has 2 rings (SSSR count). The summed E-state index contributed by atoms with van der Waals surface area (Å²) in [6, 6.07) is 0. The topological polar surface area (TPSA) is 42.7 Å². The van der Waals surface area contributed by atoms with Gasteiger partial charge in [-0.3, -0.25) is 4.68 Å². The summed E-state index contributed by atoms with van der Waals surface area (Å²) < 4.78 is 1.78. The number of nitrogens with zero attached hydrogens (tertiary/aromatic N) is 3. The molecule has 0 saturated heterocycles. The Bertz CT molecular complexity index is 339. The first kappa shape index (κ1) is 11.6. The van der Waals surface area contributed by atoms with Crippen LogP contribution in [0.4, 0.5) is 0 Å². The number of rotatable bonds is 6. The lowest BCUT2D eigenvalue weighted by molar-refractivity contribution is 0.428. The molecule has 16 heavy (non-hydrogen) atoms. The number of hydrogen-bond donors (Lipinski definition) is 1. The molecule has 0 aromatic carbocycles. The van der Waals surface area contributed by atoms with Gasteiger partial charge in [-0.1, -0.05) is 19.1 Å². The minimum Gasteiger partial charge on any atom is -0.316 e. The lowest BCUT2D eigenvalue weighted by Crippen LogP contribution is -2.28. The predicted molar refractivity (Wildman–Crippen MR) is 64.1 cm³/mol. The summed E-state index contributed by atoms with van der Waals surface area (Å²) in [6.45, 7) is 6.73. The van der Waals surface area contributed by atoms with Crippen LogP contribution in [0.25, 0.3) is 0 Å². The number of aromatic nitrogens is 3. The Morgan fingerprint density at radius 3 is 2.75 bits per heavy atom. The summed E-state index contributed by atoms with van der Waals surface area (Å²) in [7, 11) is 1.92. The van der Waals surface area contributed by atoms with Crippen LogP contribution in [-0.4, -0.2) is 28.1 Å². The SMILES string of the molecule is CC(C)CNCC1(Cc2cn(C)nn2)CC1. The Balaban J connectivity index is 1.80. The molecule has 0 amide bonds. The largest absolute Gasteiger partial charge is 0.316 e. The van der Waals surface area contributed by atoms with Crippen LogP contribution in [0.3, 0.4) is 0 Å². The van der Waals surface area contributed by atoms with Crippen molar-refractivity contribution in [3.63, 3.8) is 0 Å². The minimum absolute atomic E-state index is 0.477. The summed E-state index contributed by atoms with van der Waals surface area (Å²) in [5, 5.41) is 11.7. The third kappa shape index (κ3) is 3.04. The molecular formula is C12H22N4. The van der Waals surface area contributed by atoms with Crippen LogP contribution in [0.15, 0.2) is 6.20 Å². The first-order chi connectivity index (χ1) is 7.60. The van der Waals surface area contributed by atoms with E-state index >= 15 is 0 Å². The van der Waals surface area contributed by atoms with Gasteiger partial charge >= 0.3 is 0 Å². The molecule has 1 aliphatic carbocycles. The zero-order chi connectivity index (χ0) is 11.6. The van der Waals surface area contributed by atoms with Gasteiger partial charge in [0.25, 0.3) is 0 Å². The van der Waals surface area contributed by atoms with E-state index in [0.717, 1.165) is 31.1 Å². The monoisotopic (exact) mass is 222 g/mol. The van der Waals surface area contributed by atoms with Crippen LogP contribution in [0, 0.1) is 11.3 Å². The van der Waals surface area contributed by atoms with E-state index in [-0.39, 0.29) is 0 Å². The van der Waals surface area contributed by atoms with Crippen molar-refractivity contribution in [3.05, 3.63) is 11.9 Å². The summed E-state index contributed by atoms with van der Waals surface area (Å²) >= 11 is 0. The molecule has 1 aromatic heterocycles. The summed E-state index contributed by atoms with van der Waals surface area (Å²) in [5.41, 5.74) is 1.61. The van der Waals surface area contributed by atoms with Crippen molar-refractivity contribution in [2.45, 2.75) is 33.1 Å². The average molecular weight is 222 g/mol. The van der Waals surface area contributed by atoms with Gasteiger partial charge in [0, 0.05) is 19.8 Å². The molecule has 1 heterocycles. The molecule has 90 valence electrons. The molecule has 0 aliphatic heterocycles. The van der Waals surface area contributed by atoms with Crippen LogP contribution in [0.2, 0.25) is 0 Å². The molecule has 0 radical (unpaired) electrons. The van der Waals surface area contributed by atoms with E-state index in [0.29, 0.717) is 5.41 Å². The second-order valence-corrected chi connectivity index (χ2v) is 5.59. The summed E-state index contributed by atoms with van der Waals surface area (Å²) in [5.74, 6) is 0.729. The first-order valence-corrected chi connectivity index (χ1v) is 6.16. The standard InChI is InChI=1S/C12H22N4/c1-10(2)7-13-9-12(4-5-12)6-11-8-16(3)15-14-11/h8,10,13H,4-7,9H2,1-3H3. The highest BCUT2D eigenvalue weighted by Gasteiger charge is 2.42. The van der Waals surface area contributed by atoms with Crippen molar-refractivity contribution < 1.29 is 0 Å². The smallest absolute Gasteiger partial charge is 0.0833 e. The van der Waals surface area contributed by atoms with Crippen molar-refractivity contribution in [2.75, 3.05) is 13.1 Å². The molecule has 1 fully saturated rings. The molecule has 4 nitrogen and oxygen atoms in total. The maximum atomic E-state index is 4.17. The maximum absolute atomic E-state index is 4.17. The Morgan fingerprint density at radius 2 is 2.25 bits per heavy atom. The molecule has 1 aromatic rings. The van der Waals surface area contributed by atoms with Crippen LogP contribution in [0.1, 0.15) is 32.4 Å². The normalized spacial score (nSPS) is 18.0. The predicted octanol–water partition coefficient (Wildman–Crippen LogP) is 1.38. The Hall–Kier alpha value is -0.900. The lowest BCUT2D eigenvalue weighted by atomic mass is 10.0. The fraction of sp³-hybridized carbons (Fsp3) is 0.833. The highest BCUT2D eigenvalue weighted by Crippen LogP contribution is 2.47. The van der Waals surface area contributed by atoms with E-state index in [1.54, 1.807) is 4.68 Å². The van der Waals surface area contributed by atoms with E-state index in [9.17, 15) is 0 Å². The number of nitrogens with one attached hydrogen (secondary N) is 1. The van der Waals surface area contributed by atoms with E-state index in [2.05, 4.69) is 29.5 Å². The molecule has 0 unspecified atom stereocenters. The molecule has 0 spiro atoms. The molecule has 1 N–H and O–H groups in total. The van der Waals surface area contributed by atoms with Gasteiger partial charge in [0.1, 0.15) is 0 Å². The first-order valence-electron chi connectivity index (χ1n) is 6.16. The number of aryl methyl sites for hydroxylation is 1. The molecule has 1 saturated carbocycles. The van der Waals surface area contributed by atoms with E-state index < -0.39 is 0 Å². The minimum atomic E-state index is 0.477. The van der Waals surface area contributed by atoms with Crippen LogP contribution in [0.5, 0.6) is 0 Å². The third-order valence-electron chi connectivity index (χ3n) is 3.22. The Kier molecular flexibility index (Phi) is 3.28. The van der Waals surface area contributed by atoms with Gasteiger partial charge in [-0.15, -0.1) is 5.10 Å². The van der Waals surface area contributed by atoms with E-state index in [4.69, 9.17) is 0 Å². The van der Waals surface area contributed by atoms with Crippen molar-refractivity contribution in [1.29, 1.82) is 0 Å². The van der Waals surface area contributed by atoms with Gasteiger partial charge in [-0.25, -0.2) is 0 Å². The van der Waals surface area contributed by atoms with E-state index in [1.165, 1.54) is 12.8 Å². The summed E-state index contributed by atoms with van der Waals surface area (Å²) in [4.78, 5) is 0. The zero-order valence-electron chi connectivity index (χ0n) is 10.5. The zero-order valence-corrected chi connectivity index (χ0v) is 10.5. The third-order valence-corrected chi connectivity index (χ3v) is 3.22. The fourth-order valence-electron chi connectivity index (χ4n) is 2.08. The molecule has 1 aliphatic rings. The molecule has 4 heteroatoms. The van der Waals surface area contributed by atoms with Gasteiger partial charge in [-0.05, 0) is 37.1 Å². The van der Waals surface area contributed by atoms with Crippen molar-refractivity contribution >= 4 is 0 Å². The van der Waals surface area contributed by atoms with Crippen LogP contribution >= 0.6 is 0 Å². The van der Waals surface area contributed by atoms with Crippen LogP contribution in [-0.2, 0) is 13.5 Å². The average Bonchev–Trinajstić information content (AvgIpc) is 2.82. The van der Waals surface area contributed by atoms with Crippen molar-refractivity contribution in [2.24, 2.45) is 18.4 Å². The fourth-order valence-corrected chi connectivity index (χ4v) is 2.08. The molecular weight excluding hydrogens is 200 g/mol. The van der Waals surface area contributed by atoms with Gasteiger partial charge in [0.2, 0.25) is 0 Å². The van der Waals surface area contributed by atoms with Crippen molar-refractivity contribution in [3.8, 4) is 0 Å². The highest BCUT2D eigenvalue weighted by atomic mass is 15.4. The van der Waals surface area contributed by atoms with Gasteiger partial charge in [0.05, 0.1) is 5.69 Å². The van der Waals surface area contributed by atoms with Crippen LogP contribution < -0.4 is 5.32 Å². The van der Waals surface area contributed by atoms with E-state index in [1.807, 2.05) is 13.2 Å². The van der Waals surface area contributed by atoms with Gasteiger partial charge in [0.15, 0.2) is 0 Å². The Labute approximate surface area is 97.4 Å². The Morgan fingerprint density at radius 1 is 1.50 bits per heavy atom. The summed E-state index contributed by atoms with van der Waals surface area (Å²) in [6.07, 6.45) is 5.76. The molecule has 0 atom stereocenters. The van der Waals surface area contributed by atoms with Gasteiger partial charge < -0.3 is 5.32 Å².